The highest BCUT2D eigenvalue weighted by Gasteiger charge is 2.09. The molecule has 0 bridgehead atoms. The molecule has 4 rings (SSSR count). The molecule has 0 fully saturated rings. The van der Waals surface area contributed by atoms with Gasteiger partial charge in [0.15, 0.2) is 4.34 Å². The lowest BCUT2D eigenvalue weighted by atomic mass is 10.1. The first-order chi connectivity index (χ1) is 11.3. The lowest BCUT2D eigenvalue weighted by Gasteiger charge is -2.04. The van der Waals surface area contributed by atoms with Crippen molar-refractivity contribution < 1.29 is 9.21 Å². The maximum absolute atomic E-state index is 12.0. The number of fused-ring (bicyclic) bond motifs is 3. The minimum absolute atomic E-state index is 0.0719. The number of aromatic nitrogens is 2. The minimum Gasteiger partial charge on any atom is -0.456 e. The Balaban J connectivity index is 1.54. The van der Waals surface area contributed by atoms with Crippen LogP contribution in [-0.4, -0.2) is 21.9 Å². The maximum Gasteiger partial charge on any atom is 0.234 e. The summed E-state index contributed by atoms with van der Waals surface area (Å²) >= 11 is 2.80. The molecule has 23 heavy (non-hydrogen) atoms. The van der Waals surface area contributed by atoms with E-state index in [9.17, 15) is 4.79 Å². The largest absolute Gasteiger partial charge is 0.456 e. The van der Waals surface area contributed by atoms with E-state index in [2.05, 4.69) is 15.5 Å². The molecule has 0 saturated carbocycles. The van der Waals surface area contributed by atoms with Crippen molar-refractivity contribution in [3.05, 3.63) is 48.0 Å². The van der Waals surface area contributed by atoms with E-state index < -0.39 is 0 Å². The van der Waals surface area contributed by atoms with Gasteiger partial charge in [0, 0.05) is 16.5 Å². The summed E-state index contributed by atoms with van der Waals surface area (Å²) in [7, 11) is 0. The van der Waals surface area contributed by atoms with Gasteiger partial charge in [0.25, 0.3) is 0 Å². The third kappa shape index (κ3) is 2.93. The molecule has 2 heterocycles. The Morgan fingerprint density at radius 1 is 1.17 bits per heavy atom. The number of nitrogens with one attached hydrogen (secondary N) is 1. The molecule has 5 nitrogen and oxygen atoms in total. The van der Waals surface area contributed by atoms with E-state index in [-0.39, 0.29) is 5.91 Å². The maximum atomic E-state index is 12.0. The van der Waals surface area contributed by atoms with Gasteiger partial charge < -0.3 is 9.73 Å². The van der Waals surface area contributed by atoms with E-state index in [1.807, 2.05) is 42.5 Å². The van der Waals surface area contributed by atoms with Gasteiger partial charge >= 0.3 is 0 Å². The van der Waals surface area contributed by atoms with Crippen LogP contribution >= 0.6 is 23.1 Å². The Labute approximate surface area is 139 Å². The predicted octanol–water partition coefficient (Wildman–Crippen LogP) is 4.17. The van der Waals surface area contributed by atoms with Crippen LogP contribution in [0, 0.1) is 0 Å². The minimum atomic E-state index is -0.0719. The average Bonchev–Trinajstić information content (AvgIpc) is 3.20. The van der Waals surface area contributed by atoms with Crippen LogP contribution in [0.5, 0.6) is 0 Å². The normalized spacial score (nSPS) is 11.1. The summed E-state index contributed by atoms with van der Waals surface area (Å²) < 4.78 is 6.57. The smallest absolute Gasteiger partial charge is 0.234 e. The number of hydrogen-bond donors (Lipinski definition) is 1. The molecule has 0 spiro atoms. The average molecular weight is 341 g/mol. The summed E-state index contributed by atoms with van der Waals surface area (Å²) in [6, 6.07) is 13.5. The van der Waals surface area contributed by atoms with Crippen LogP contribution in [0.3, 0.4) is 0 Å². The summed E-state index contributed by atoms with van der Waals surface area (Å²) in [5.41, 5.74) is 4.07. The first-order valence-electron chi connectivity index (χ1n) is 6.90. The lowest BCUT2D eigenvalue weighted by Crippen LogP contribution is -2.13. The zero-order valence-electron chi connectivity index (χ0n) is 11.9. The van der Waals surface area contributed by atoms with E-state index in [4.69, 9.17) is 4.42 Å². The molecule has 1 amide bonds. The van der Waals surface area contributed by atoms with E-state index in [0.717, 1.165) is 32.0 Å². The second-order valence-electron chi connectivity index (χ2n) is 4.85. The number of nitrogens with zero attached hydrogens (tertiary/aromatic N) is 2. The van der Waals surface area contributed by atoms with Crippen molar-refractivity contribution in [3.8, 4) is 0 Å². The number of para-hydroxylation sites is 1. The Morgan fingerprint density at radius 3 is 2.91 bits per heavy atom. The first kappa shape index (κ1) is 14.2. The van der Waals surface area contributed by atoms with Gasteiger partial charge in [0.05, 0.1) is 5.75 Å². The number of carbonyl (C=O) groups excluding carboxylic acids is 1. The van der Waals surface area contributed by atoms with Gasteiger partial charge in [-0.3, -0.25) is 4.79 Å². The highest BCUT2D eigenvalue weighted by atomic mass is 32.2. The second kappa shape index (κ2) is 6.02. The van der Waals surface area contributed by atoms with Crippen molar-refractivity contribution >= 4 is 56.6 Å². The van der Waals surface area contributed by atoms with Crippen molar-refractivity contribution in [1.82, 2.24) is 10.2 Å². The highest BCUT2D eigenvalue weighted by molar-refractivity contribution is 8.01. The van der Waals surface area contributed by atoms with E-state index in [1.54, 1.807) is 5.51 Å². The Bertz CT molecular complexity index is 980. The third-order valence-electron chi connectivity index (χ3n) is 3.33. The number of rotatable bonds is 4. The SMILES string of the molecule is O=C(CSc1nncs1)Nc1ccc2oc3ccccc3c2c1. The van der Waals surface area contributed by atoms with Crippen LogP contribution in [0.2, 0.25) is 0 Å². The van der Waals surface area contributed by atoms with E-state index >= 15 is 0 Å². The molecule has 0 radical (unpaired) electrons. The first-order valence-corrected chi connectivity index (χ1v) is 8.76. The zero-order valence-corrected chi connectivity index (χ0v) is 13.5. The molecule has 114 valence electrons. The molecule has 0 aliphatic carbocycles. The molecule has 0 saturated heterocycles. The predicted molar refractivity (Wildman–Crippen MR) is 93.0 cm³/mol. The standard InChI is InChI=1S/C16H11N3O2S2/c20-15(8-22-16-19-17-9-23-16)18-10-5-6-14-12(7-10)11-3-1-2-4-13(11)21-14/h1-7,9H,8H2,(H,18,20). The zero-order chi connectivity index (χ0) is 15.6. The molecular weight excluding hydrogens is 330 g/mol. The monoisotopic (exact) mass is 341 g/mol. The van der Waals surface area contributed by atoms with Gasteiger partial charge in [-0.15, -0.1) is 10.2 Å². The quantitative estimate of drug-likeness (QED) is 0.564. The number of thioether (sulfide) groups is 1. The Hall–Kier alpha value is -2.38. The van der Waals surface area contributed by atoms with Crippen LogP contribution in [0.25, 0.3) is 21.9 Å². The molecule has 0 aliphatic heterocycles. The van der Waals surface area contributed by atoms with Crippen LogP contribution < -0.4 is 5.32 Å². The number of anilines is 1. The van der Waals surface area contributed by atoms with Crippen LogP contribution in [0.1, 0.15) is 0 Å². The van der Waals surface area contributed by atoms with Gasteiger partial charge in [-0.1, -0.05) is 41.3 Å². The van der Waals surface area contributed by atoms with Crippen molar-refractivity contribution in [2.45, 2.75) is 4.34 Å². The highest BCUT2D eigenvalue weighted by Crippen LogP contribution is 2.30. The second-order valence-corrected chi connectivity index (χ2v) is 6.91. The molecule has 0 unspecified atom stereocenters. The van der Waals surface area contributed by atoms with Crippen molar-refractivity contribution in [2.24, 2.45) is 0 Å². The van der Waals surface area contributed by atoms with Crippen LogP contribution in [0.15, 0.2) is 56.7 Å². The molecular formula is C16H11N3O2S2. The van der Waals surface area contributed by atoms with Gasteiger partial charge in [-0.2, -0.15) is 0 Å². The van der Waals surface area contributed by atoms with Crippen molar-refractivity contribution in [2.75, 3.05) is 11.1 Å². The summed E-state index contributed by atoms with van der Waals surface area (Å²) in [6.45, 7) is 0. The van der Waals surface area contributed by atoms with E-state index in [0.29, 0.717) is 5.75 Å². The topological polar surface area (TPSA) is 68.0 Å². The number of benzene rings is 2. The summed E-state index contributed by atoms with van der Waals surface area (Å²) in [6.07, 6.45) is 0. The molecule has 0 atom stereocenters. The Morgan fingerprint density at radius 2 is 2.04 bits per heavy atom. The third-order valence-corrected chi connectivity index (χ3v) is 5.19. The summed E-state index contributed by atoms with van der Waals surface area (Å²) in [5.74, 6) is 0.233. The van der Waals surface area contributed by atoms with Gasteiger partial charge in [0.2, 0.25) is 5.91 Å². The lowest BCUT2D eigenvalue weighted by molar-refractivity contribution is -0.113. The molecule has 2 aromatic heterocycles. The van der Waals surface area contributed by atoms with Crippen molar-refractivity contribution in [3.63, 3.8) is 0 Å². The van der Waals surface area contributed by atoms with Gasteiger partial charge in [-0.05, 0) is 24.3 Å². The van der Waals surface area contributed by atoms with Gasteiger partial charge in [0.1, 0.15) is 16.7 Å². The molecule has 0 aliphatic rings. The Kier molecular flexibility index (Phi) is 3.72. The summed E-state index contributed by atoms with van der Waals surface area (Å²) in [4.78, 5) is 12.0. The molecule has 1 N–H and O–H groups in total. The fourth-order valence-electron chi connectivity index (χ4n) is 2.35. The van der Waals surface area contributed by atoms with Gasteiger partial charge in [-0.25, -0.2) is 0 Å². The fraction of sp³-hybridized carbons (Fsp3) is 0.0625. The van der Waals surface area contributed by atoms with Crippen LogP contribution in [-0.2, 0) is 4.79 Å². The molecule has 2 aromatic carbocycles. The fourth-order valence-corrected chi connectivity index (χ4v) is 3.64. The molecule has 7 heteroatoms. The number of hydrogen-bond acceptors (Lipinski definition) is 6. The summed E-state index contributed by atoms with van der Waals surface area (Å²) in [5, 5.41) is 12.6. The number of amides is 1. The van der Waals surface area contributed by atoms with Crippen molar-refractivity contribution in [1.29, 1.82) is 0 Å². The van der Waals surface area contributed by atoms with Crippen LogP contribution in [0.4, 0.5) is 5.69 Å². The van der Waals surface area contributed by atoms with E-state index in [1.165, 1.54) is 23.1 Å². The number of furan rings is 1. The molecule has 4 aromatic rings. The number of carbonyl (C=O) groups is 1.